The zero-order valence-corrected chi connectivity index (χ0v) is 23.7. The lowest BCUT2D eigenvalue weighted by atomic mass is 9.92. The molecule has 0 spiro atoms. The molecular formula is C30H31ClN4O3S. The molecule has 1 heterocycles. The van der Waals surface area contributed by atoms with Gasteiger partial charge in [-0.25, -0.2) is 13.1 Å². The molecule has 7 nitrogen and oxygen atoms in total. The molecule has 39 heavy (non-hydrogen) atoms. The second kappa shape index (κ2) is 12.0. The van der Waals surface area contributed by atoms with Crippen LogP contribution in [0.5, 0.6) is 0 Å². The first-order chi connectivity index (χ1) is 18.5. The molecule has 0 aliphatic carbocycles. The van der Waals surface area contributed by atoms with Gasteiger partial charge in [-0.15, -0.1) is 0 Å². The van der Waals surface area contributed by atoms with Gasteiger partial charge in [0.1, 0.15) is 5.82 Å². The predicted octanol–water partition coefficient (Wildman–Crippen LogP) is 6.26. The lowest BCUT2D eigenvalue weighted by Gasteiger charge is -2.20. The molecule has 3 aromatic carbocycles. The highest BCUT2D eigenvalue weighted by atomic mass is 35.5. The van der Waals surface area contributed by atoms with Crippen LogP contribution in [0, 0.1) is 0 Å². The van der Waals surface area contributed by atoms with Crippen molar-refractivity contribution < 1.29 is 13.2 Å². The van der Waals surface area contributed by atoms with Gasteiger partial charge in [0.15, 0.2) is 0 Å². The van der Waals surface area contributed by atoms with Gasteiger partial charge >= 0.3 is 0 Å². The summed E-state index contributed by atoms with van der Waals surface area (Å²) in [6, 6.07) is 27.3. The molecule has 0 bridgehead atoms. The number of hydrogen-bond acceptors (Lipinski definition) is 4. The van der Waals surface area contributed by atoms with E-state index in [-0.39, 0.29) is 12.0 Å². The van der Waals surface area contributed by atoms with Crippen molar-refractivity contribution >= 4 is 39.4 Å². The van der Waals surface area contributed by atoms with Gasteiger partial charge in [0.2, 0.25) is 15.9 Å². The van der Waals surface area contributed by atoms with Crippen molar-refractivity contribution in [2.24, 2.45) is 0 Å². The zero-order valence-electron chi connectivity index (χ0n) is 22.1. The number of rotatable bonds is 9. The topological polar surface area (TPSA) is 84.3 Å². The molecule has 0 aliphatic rings. The number of nitrogens with one attached hydrogen (secondary N) is 1. The fourth-order valence-corrected chi connectivity index (χ4v) is 5.17. The summed E-state index contributed by atoms with van der Waals surface area (Å²) >= 11 is 6.44. The number of benzene rings is 3. The van der Waals surface area contributed by atoms with Gasteiger partial charge in [0.25, 0.3) is 0 Å². The Morgan fingerprint density at radius 1 is 0.974 bits per heavy atom. The number of amides is 1. The fraction of sp³-hybridized carbons (Fsp3) is 0.200. The smallest absolute Gasteiger partial charge is 0.240 e. The van der Waals surface area contributed by atoms with Gasteiger partial charge in [0, 0.05) is 23.4 Å². The minimum atomic E-state index is -3.94. The molecule has 0 radical (unpaired) electrons. The predicted molar refractivity (Wildman–Crippen MR) is 157 cm³/mol. The molecule has 0 fully saturated rings. The van der Waals surface area contributed by atoms with E-state index in [0.717, 1.165) is 26.5 Å². The van der Waals surface area contributed by atoms with Crippen LogP contribution >= 0.6 is 11.6 Å². The summed E-state index contributed by atoms with van der Waals surface area (Å²) < 4.78 is 29.5. The first-order valence-electron chi connectivity index (χ1n) is 12.5. The first-order valence-corrected chi connectivity index (χ1v) is 14.3. The summed E-state index contributed by atoms with van der Waals surface area (Å²) in [5.74, 6) is -0.105. The number of carbonyl (C=O) groups excluding carboxylic acids is 1. The van der Waals surface area contributed by atoms with Gasteiger partial charge in [-0.05, 0) is 29.3 Å². The molecule has 0 saturated heterocycles. The number of anilines is 1. The van der Waals surface area contributed by atoms with Gasteiger partial charge in [-0.3, -0.25) is 4.79 Å². The van der Waals surface area contributed by atoms with E-state index in [0.29, 0.717) is 16.5 Å². The largest absolute Gasteiger partial charge is 0.309 e. The van der Waals surface area contributed by atoms with E-state index in [1.165, 1.54) is 6.08 Å². The summed E-state index contributed by atoms with van der Waals surface area (Å²) in [7, 11) is -3.94. The monoisotopic (exact) mass is 562 g/mol. The van der Waals surface area contributed by atoms with Crippen molar-refractivity contribution in [3.63, 3.8) is 0 Å². The zero-order chi connectivity index (χ0) is 28.0. The Morgan fingerprint density at radius 2 is 1.59 bits per heavy atom. The normalized spacial score (nSPS) is 12.2. The second-order valence-electron chi connectivity index (χ2n) is 10.1. The van der Waals surface area contributed by atoms with Crippen molar-refractivity contribution in [1.82, 2.24) is 14.1 Å². The Hall–Kier alpha value is -3.72. The van der Waals surface area contributed by atoms with E-state index >= 15 is 0 Å². The lowest BCUT2D eigenvalue weighted by Crippen LogP contribution is -2.36. The van der Waals surface area contributed by atoms with Crippen molar-refractivity contribution in [3.8, 4) is 5.69 Å². The Bertz CT molecular complexity index is 1560. The van der Waals surface area contributed by atoms with Gasteiger partial charge in [-0.1, -0.05) is 105 Å². The molecule has 1 aromatic heterocycles. The van der Waals surface area contributed by atoms with Crippen molar-refractivity contribution in [1.29, 1.82) is 0 Å². The van der Waals surface area contributed by atoms with E-state index in [2.05, 4.69) is 5.32 Å². The Kier molecular flexibility index (Phi) is 8.70. The number of hydrogen-bond donors (Lipinski definition) is 1. The molecule has 0 saturated carbocycles. The first kappa shape index (κ1) is 28.3. The highest BCUT2D eigenvalue weighted by Gasteiger charge is 2.26. The maximum atomic E-state index is 13.4. The Labute approximate surface area is 234 Å². The van der Waals surface area contributed by atoms with E-state index < -0.39 is 22.5 Å². The Balaban J connectivity index is 1.63. The average Bonchev–Trinajstić information content (AvgIpc) is 3.32. The van der Waals surface area contributed by atoms with Crippen LogP contribution in [0.2, 0.25) is 5.02 Å². The molecular weight excluding hydrogens is 532 g/mol. The lowest BCUT2D eigenvalue weighted by molar-refractivity contribution is -0.116. The van der Waals surface area contributed by atoms with E-state index in [1.54, 1.807) is 22.9 Å². The van der Waals surface area contributed by atoms with Crippen molar-refractivity contribution in [2.75, 3.05) is 11.9 Å². The third kappa shape index (κ3) is 7.44. The highest BCUT2D eigenvalue weighted by molar-refractivity contribution is 7.92. The van der Waals surface area contributed by atoms with Crippen molar-refractivity contribution in [2.45, 2.75) is 32.7 Å². The van der Waals surface area contributed by atoms with Crippen LogP contribution in [-0.2, 0) is 26.8 Å². The summed E-state index contributed by atoms with van der Waals surface area (Å²) in [5, 5.41) is 9.16. The number of sulfonamides is 1. The molecule has 4 aromatic rings. The molecule has 202 valence electrons. The van der Waals surface area contributed by atoms with Crippen LogP contribution in [0.4, 0.5) is 5.82 Å². The average molecular weight is 563 g/mol. The van der Waals surface area contributed by atoms with Crippen LogP contribution < -0.4 is 5.32 Å². The standard InChI is InChI=1S/C30H31ClN4O3S/c1-30(2,3)27-20-28(35(33-27)26-17-11-10-16-25(26)31)32-29(36)22-34(21-24-14-8-5-9-15-24)39(37,38)19-18-23-12-6-4-7-13-23/h4-20H,21-22H2,1-3H3,(H,32,36). The SMILES string of the molecule is CC(C)(C)c1cc(NC(=O)CN(Cc2ccccc2)S(=O)(=O)C=Cc2ccccc2)n(-c2ccccc2Cl)n1. The Morgan fingerprint density at radius 3 is 2.23 bits per heavy atom. The number of nitrogens with zero attached hydrogens (tertiary/aromatic N) is 3. The second-order valence-corrected chi connectivity index (χ2v) is 12.3. The summed E-state index contributed by atoms with van der Waals surface area (Å²) in [4.78, 5) is 13.3. The molecule has 0 aliphatic heterocycles. The van der Waals surface area contributed by atoms with Gasteiger partial charge in [-0.2, -0.15) is 9.40 Å². The van der Waals surface area contributed by atoms with Crippen LogP contribution in [0.25, 0.3) is 11.8 Å². The third-order valence-corrected chi connectivity index (χ3v) is 7.72. The summed E-state index contributed by atoms with van der Waals surface area (Å²) in [5.41, 5.74) is 2.56. The van der Waals surface area contributed by atoms with Crippen LogP contribution in [0.15, 0.2) is 96.4 Å². The minimum Gasteiger partial charge on any atom is -0.309 e. The summed E-state index contributed by atoms with van der Waals surface area (Å²) in [6.45, 7) is 5.70. The minimum absolute atomic E-state index is 0.0345. The molecule has 0 atom stereocenters. The van der Waals surface area contributed by atoms with E-state index in [4.69, 9.17) is 16.7 Å². The number of carbonyl (C=O) groups is 1. The van der Waals surface area contributed by atoms with Crippen molar-refractivity contribution in [3.05, 3.63) is 118 Å². The number of aromatic nitrogens is 2. The molecule has 1 amide bonds. The number of para-hydroxylation sites is 1. The fourth-order valence-electron chi connectivity index (χ4n) is 3.82. The van der Waals surface area contributed by atoms with E-state index in [1.807, 2.05) is 93.6 Å². The molecule has 1 N–H and O–H groups in total. The maximum absolute atomic E-state index is 13.4. The van der Waals surface area contributed by atoms with E-state index in [9.17, 15) is 13.2 Å². The maximum Gasteiger partial charge on any atom is 0.240 e. The highest BCUT2D eigenvalue weighted by Crippen LogP contribution is 2.29. The summed E-state index contributed by atoms with van der Waals surface area (Å²) in [6.07, 6.45) is 1.52. The number of halogens is 1. The molecule has 0 unspecified atom stereocenters. The van der Waals surface area contributed by atoms with Crippen LogP contribution in [-0.4, -0.2) is 35.0 Å². The molecule has 4 rings (SSSR count). The van der Waals surface area contributed by atoms with Crippen LogP contribution in [0.1, 0.15) is 37.6 Å². The van der Waals surface area contributed by atoms with Crippen LogP contribution in [0.3, 0.4) is 0 Å². The third-order valence-electron chi connectivity index (χ3n) is 5.94. The quantitative estimate of drug-likeness (QED) is 0.261. The molecule has 9 heteroatoms. The van der Waals surface area contributed by atoms with Gasteiger partial charge < -0.3 is 5.32 Å². The van der Waals surface area contributed by atoms with Gasteiger partial charge in [0.05, 0.1) is 22.9 Å².